The van der Waals surface area contributed by atoms with Gasteiger partial charge in [-0.3, -0.25) is 4.40 Å². The van der Waals surface area contributed by atoms with Gasteiger partial charge < -0.3 is 15.2 Å². The number of carboxylic acids is 1. The summed E-state index contributed by atoms with van der Waals surface area (Å²) in [6.07, 6.45) is 2.70. The van der Waals surface area contributed by atoms with E-state index in [1.54, 1.807) is 22.7 Å². The number of aromatic carboxylic acids is 1. The molecule has 106 valence electrons. The fraction of sp³-hybridized carbons (Fsp3) is 0.429. The lowest BCUT2D eigenvalue weighted by Crippen LogP contribution is -2.27. The minimum absolute atomic E-state index is 0.125. The molecule has 2 aromatic heterocycles. The lowest BCUT2D eigenvalue weighted by atomic mass is 10.0. The molecule has 0 saturated carbocycles. The molecule has 0 aromatic carbocycles. The highest BCUT2D eigenvalue weighted by molar-refractivity contribution is 5.93. The van der Waals surface area contributed by atoms with Gasteiger partial charge in [-0.2, -0.15) is 0 Å². The Kier molecular flexibility index (Phi) is 3.31. The molecule has 2 N–H and O–H groups in total. The number of hydrogen-bond acceptors (Lipinski definition) is 4. The average molecular weight is 275 g/mol. The molecule has 1 saturated heterocycles. The van der Waals surface area contributed by atoms with E-state index in [2.05, 4.69) is 10.3 Å². The normalized spacial score (nSPS) is 20.1. The molecular formula is C14H17N3O3. The van der Waals surface area contributed by atoms with Gasteiger partial charge in [0.1, 0.15) is 5.65 Å². The molecule has 2 unspecified atom stereocenters. The summed E-state index contributed by atoms with van der Waals surface area (Å²) < 4.78 is 6.96. The third-order valence-corrected chi connectivity index (χ3v) is 3.77. The van der Waals surface area contributed by atoms with E-state index >= 15 is 0 Å². The number of rotatable bonds is 4. The smallest absolute Gasteiger partial charge is 0.356 e. The Balaban J connectivity index is 1.93. The summed E-state index contributed by atoms with van der Waals surface area (Å²) in [5, 5.41) is 12.6. The minimum atomic E-state index is -0.985. The van der Waals surface area contributed by atoms with Crippen LogP contribution in [0.15, 0.2) is 24.4 Å². The summed E-state index contributed by atoms with van der Waals surface area (Å²) in [6.45, 7) is 3.52. The number of aromatic nitrogens is 2. The maximum atomic E-state index is 11.5. The molecule has 0 bridgehead atoms. The van der Waals surface area contributed by atoms with Gasteiger partial charge >= 0.3 is 5.97 Å². The van der Waals surface area contributed by atoms with Crippen LogP contribution in [0, 0.1) is 5.92 Å². The largest absolute Gasteiger partial charge is 0.476 e. The van der Waals surface area contributed by atoms with E-state index in [1.807, 2.05) is 13.0 Å². The van der Waals surface area contributed by atoms with Gasteiger partial charge in [0.15, 0.2) is 11.5 Å². The summed E-state index contributed by atoms with van der Waals surface area (Å²) in [7, 11) is 0. The number of carbonyl (C=O) groups is 1. The molecule has 2 aromatic rings. The first kappa shape index (κ1) is 12.9. The van der Waals surface area contributed by atoms with Gasteiger partial charge in [-0.25, -0.2) is 9.78 Å². The van der Waals surface area contributed by atoms with Crippen molar-refractivity contribution in [2.75, 3.05) is 18.5 Å². The van der Waals surface area contributed by atoms with Crippen molar-refractivity contribution in [2.45, 2.75) is 19.4 Å². The second-order valence-corrected chi connectivity index (χ2v) is 5.10. The molecule has 2 atom stereocenters. The van der Waals surface area contributed by atoms with Gasteiger partial charge in [0.05, 0.1) is 6.61 Å². The van der Waals surface area contributed by atoms with E-state index in [0.717, 1.165) is 13.0 Å². The van der Waals surface area contributed by atoms with Crippen molar-refractivity contribution in [2.24, 2.45) is 5.92 Å². The molecule has 0 radical (unpaired) electrons. The monoisotopic (exact) mass is 275 g/mol. The second kappa shape index (κ2) is 5.13. The van der Waals surface area contributed by atoms with E-state index in [9.17, 15) is 9.90 Å². The van der Waals surface area contributed by atoms with Crippen molar-refractivity contribution in [1.82, 2.24) is 9.38 Å². The molecule has 0 amide bonds. The summed E-state index contributed by atoms with van der Waals surface area (Å²) in [5.74, 6) is -0.175. The Hall–Kier alpha value is -2.08. The van der Waals surface area contributed by atoms with Crippen molar-refractivity contribution in [1.29, 1.82) is 0 Å². The highest BCUT2D eigenvalue weighted by atomic mass is 16.5. The maximum Gasteiger partial charge on any atom is 0.356 e. The summed E-state index contributed by atoms with van der Waals surface area (Å²) in [4.78, 5) is 15.8. The molecular weight excluding hydrogens is 258 g/mol. The zero-order valence-corrected chi connectivity index (χ0v) is 11.2. The fourth-order valence-electron chi connectivity index (χ4n) is 2.58. The predicted octanol–water partition coefficient (Wildman–Crippen LogP) is 1.87. The van der Waals surface area contributed by atoms with Crippen LogP contribution < -0.4 is 5.32 Å². The van der Waals surface area contributed by atoms with Crippen LogP contribution in [0.1, 0.15) is 23.8 Å². The Bertz CT molecular complexity index is 632. The van der Waals surface area contributed by atoms with E-state index < -0.39 is 5.97 Å². The van der Waals surface area contributed by atoms with Gasteiger partial charge in [0, 0.05) is 24.8 Å². The second-order valence-electron chi connectivity index (χ2n) is 5.10. The Morgan fingerprint density at radius 1 is 1.60 bits per heavy atom. The van der Waals surface area contributed by atoms with Gasteiger partial charge in [0.2, 0.25) is 0 Å². The molecule has 1 aliphatic heterocycles. The third kappa shape index (κ3) is 2.22. The topological polar surface area (TPSA) is 75.9 Å². The number of fused-ring (bicyclic) bond motifs is 1. The van der Waals surface area contributed by atoms with Gasteiger partial charge in [0.25, 0.3) is 0 Å². The summed E-state index contributed by atoms with van der Waals surface area (Å²) in [6, 6.07) is 5.55. The van der Waals surface area contributed by atoms with Crippen LogP contribution in [-0.4, -0.2) is 39.7 Å². The highest BCUT2D eigenvalue weighted by Gasteiger charge is 2.25. The van der Waals surface area contributed by atoms with Crippen molar-refractivity contribution in [3.05, 3.63) is 30.1 Å². The number of anilines is 1. The first-order chi connectivity index (χ1) is 9.66. The zero-order valence-electron chi connectivity index (χ0n) is 11.2. The Morgan fingerprint density at radius 2 is 2.45 bits per heavy atom. The number of carboxylic acid groups (broad SMARTS) is 1. The number of hydrogen-bond donors (Lipinski definition) is 2. The van der Waals surface area contributed by atoms with Crippen LogP contribution in [0.5, 0.6) is 0 Å². The Labute approximate surface area is 116 Å². The van der Waals surface area contributed by atoms with E-state index in [1.165, 1.54) is 0 Å². The van der Waals surface area contributed by atoms with E-state index in [4.69, 9.17) is 4.74 Å². The zero-order chi connectivity index (χ0) is 14.1. The van der Waals surface area contributed by atoms with Crippen LogP contribution >= 0.6 is 0 Å². The predicted molar refractivity (Wildman–Crippen MR) is 74.2 cm³/mol. The van der Waals surface area contributed by atoms with Crippen LogP contribution in [0.25, 0.3) is 5.65 Å². The molecule has 3 rings (SSSR count). The van der Waals surface area contributed by atoms with Gasteiger partial charge in [-0.1, -0.05) is 6.07 Å². The molecule has 20 heavy (non-hydrogen) atoms. The summed E-state index contributed by atoms with van der Waals surface area (Å²) in [5.41, 5.74) is 0.800. The van der Waals surface area contributed by atoms with Crippen LogP contribution in [0.3, 0.4) is 0 Å². The standard InChI is InChI=1S/C14H17N3O3/c1-9(10-5-7-20-8-10)15-13-12(14(18)19)17-6-3-2-4-11(17)16-13/h2-4,6,9-10,15H,5,7-8H2,1H3,(H,18,19). The van der Waals surface area contributed by atoms with Crippen molar-refractivity contribution < 1.29 is 14.6 Å². The molecule has 0 spiro atoms. The number of nitrogens with zero attached hydrogens (tertiary/aromatic N) is 2. The number of ether oxygens (including phenoxy) is 1. The van der Waals surface area contributed by atoms with Crippen molar-refractivity contribution in [3.8, 4) is 0 Å². The van der Waals surface area contributed by atoms with Crippen molar-refractivity contribution >= 4 is 17.4 Å². The van der Waals surface area contributed by atoms with Crippen LogP contribution in [-0.2, 0) is 4.74 Å². The SMILES string of the molecule is CC(Nc1nc2ccccn2c1C(=O)O)C1CCOC1. The average Bonchev–Trinajstić information content (AvgIpc) is 3.05. The first-order valence-corrected chi connectivity index (χ1v) is 6.71. The third-order valence-electron chi connectivity index (χ3n) is 3.77. The van der Waals surface area contributed by atoms with E-state index in [0.29, 0.717) is 24.0 Å². The van der Waals surface area contributed by atoms with Crippen LogP contribution in [0.4, 0.5) is 5.82 Å². The molecule has 0 aliphatic carbocycles. The highest BCUT2D eigenvalue weighted by Crippen LogP contribution is 2.23. The van der Waals surface area contributed by atoms with E-state index in [-0.39, 0.29) is 11.7 Å². The first-order valence-electron chi connectivity index (χ1n) is 6.71. The number of nitrogens with one attached hydrogen (secondary N) is 1. The molecule has 6 nitrogen and oxygen atoms in total. The lowest BCUT2D eigenvalue weighted by molar-refractivity contribution is 0.0690. The molecule has 6 heteroatoms. The Morgan fingerprint density at radius 3 is 3.15 bits per heavy atom. The molecule has 1 fully saturated rings. The van der Waals surface area contributed by atoms with Crippen LogP contribution in [0.2, 0.25) is 0 Å². The number of pyridine rings is 1. The fourth-order valence-corrected chi connectivity index (χ4v) is 2.58. The quantitative estimate of drug-likeness (QED) is 0.891. The van der Waals surface area contributed by atoms with Gasteiger partial charge in [-0.15, -0.1) is 0 Å². The van der Waals surface area contributed by atoms with Crippen molar-refractivity contribution in [3.63, 3.8) is 0 Å². The maximum absolute atomic E-state index is 11.5. The minimum Gasteiger partial charge on any atom is -0.476 e. The van der Waals surface area contributed by atoms with Gasteiger partial charge in [-0.05, 0) is 25.5 Å². The summed E-state index contributed by atoms with van der Waals surface area (Å²) >= 11 is 0. The number of imidazole rings is 1. The lowest BCUT2D eigenvalue weighted by Gasteiger charge is -2.19. The molecule has 3 heterocycles. The molecule has 1 aliphatic rings.